The van der Waals surface area contributed by atoms with Crippen LogP contribution in [0.1, 0.15) is 85.4 Å². The number of rotatable bonds is 13. The Balaban J connectivity index is 1.92. The topological polar surface area (TPSA) is 150 Å². The largest absolute Gasteiger partial charge is 0.466 e. The molecule has 2 aromatic heterocycles. The number of nitrogens with one attached hydrogen (secondary N) is 2. The van der Waals surface area contributed by atoms with E-state index >= 15 is 0 Å². The van der Waals surface area contributed by atoms with Gasteiger partial charge in [0.25, 0.3) is 5.91 Å². The number of Topliss-reactive ketones (excluding diaryl/α,β-unsaturated/α-hetero) is 1. The average Bonchev–Trinajstić information content (AvgIpc) is 3.37. The molecule has 1 unspecified atom stereocenters. The van der Waals surface area contributed by atoms with Gasteiger partial charge in [-0.1, -0.05) is 26.8 Å². The Hall–Kier alpha value is -4.12. The maximum Gasteiger partial charge on any atom is 0.328 e. The molecule has 2 N–H and O–H groups in total. The fraction of sp³-hybridized carbons (Fsp3) is 0.467. The quantitative estimate of drug-likeness (QED) is 0.230. The molecular formula is C30H38N4O7. The van der Waals surface area contributed by atoms with Gasteiger partial charge in [0.15, 0.2) is 5.78 Å². The second-order valence-electron chi connectivity index (χ2n) is 10.5. The fourth-order valence-electron chi connectivity index (χ4n) is 4.41. The number of nitrogens with zero attached hydrogens (tertiary/aromatic N) is 2. The first-order valence-corrected chi connectivity index (χ1v) is 13.6. The van der Waals surface area contributed by atoms with Crippen molar-refractivity contribution in [3.8, 4) is 0 Å². The van der Waals surface area contributed by atoms with Crippen molar-refractivity contribution >= 4 is 34.7 Å². The molecule has 3 aromatic rings. The van der Waals surface area contributed by atoms with Gasteiger partial charge in [-0.15, -0.1) is 0 Å². The molecule has 0 aliphatic rings. The van der Waals surface area contributed by atoms with E-state index in [1.54, 1.807) is 66.1 Å². The number of ether oxygens (including phenoxy) is 3. The first-order chi connectivity index (χ1) is 19.5. The minimum absolute atomic E-state index is 0.00606. The molecule has 0 saturated carbocycles. The maximum atomic E-state index is 13.5. The molecular weight excluding hydrogens is 528 g/mol. The number of benzene rings is 1. The number of H-pyrrole nitrogens is 1. The van der Waals surface area contributed by atoms with Crippen LogP contribution in [0, 0.1) is 5.41 Å². The van der Waals surface area contributed by atoms with Gasteiger partial charge in [-0.3, -0.25) is 14.4 Å². The SMILES string of the molecule is CCOC(=O)CC[C@H](NC(=O)c1ccc(CC(OC)c2c[nH]c3ncncc23)cc1C(=O)C(C)(C)C)C(=O)OCC. The van der Waals surface area contributed by atoms with Gasteiger partial charge in [0.2, 0.25) is 0 Å². The zero-order chi connectivity index (χ0) is 30.2. The lowest BCUT2D eigenvalue weighted by Gasteiger charge is -2.22. The summed E-state index contributed by atoms with van der Waals surface area (Å²) in [6.07, 6.45) is 4.95. The number of esters is 2. The Bertz CT molecular complexity index is 1390. The van der Waals surface area contributed by atoms with Gasteiger partial charge in [0.1, 0.15) is 18.0 Å². The number of hydrogen-bond donors (Lipinski definition) is 2. The van der Waals surface area contributed by atoms with Crippen molar-refractivity contribution in [3.63, 3.8) is 0 Å². The van der Waals surface area contributed by atoms with Crippen LogP contribution < -0.4 is 5.32 Å². The van der Waals surface area contributed by atoms with Crippen LogP contribution in [0.25, 0.3) is 11.0 Å². The highest BCUT2D eigenvalue weighted by molar-refractivity contribution is 6.10. The summed E-state index contributed by atoms with van der Waals surface area (Å²) in [7, 11) is 1.60. The molecule has 0 radical (unpaired) electrons. The summed E-state index contributed by atoms with van der Waals surface area (Å²) in [4.78, 5) is 62.9. The summed E-state index contributed by atoms with van der Waals surface area (Å²) in [5, 5.41) is 3.49. The Morgan fingerprint density at radius 3 is 2.44 bits per heavy atom. The van der Waals surface area contributed by atoms with Gasteiger partial charge in [-0.2, -0.15) is 0 Å². The second-order valence-corrected chi connectivity index (χ2v) is 10.5. The minimum Gasteiger partial charge on any atom is -0.466 e. The van der Waals surface area contributed by atoms with Crippen LogP contribution in [-0.4, -0.2) is 64.9 Å². The van der Waals surface area contributed by atoms with Gasteiger partial charge in [-0.25, -0.2) is 14.8 Å². The van der Waals surface area contributed by atoms with Crippen molar-refractivity contribution in [2.24, 2.45) is 5.41 Å². The predicted octanol–water partition coefficient (Wildman–Crippen LogP) is 4.12. The van der Waals surface area contributed by atoms with E-state index in [0.29, 0.717) is 12.1 Å². The highest BCUT2D eigenvalue weighted by Gasteiger charge is 2.30. The normalized spacial score (nSPS) is 12.9. The number of methoxy groups -OCH3 is 1. The van der Waals surface area contributed by atoms with Crippen LogP contribution in [0.2, 0.25) is 0 Å². The van der Waals surface area contributed by atoms with Crippen molar-refractivity contribution in [1.29, 1.82) is 0 Å². The summed E-state index contributed by atoms with van der Waals surface area (Å²) in [6.45, 7) is 8.96. The summed E-state index contributed by atoms with van der Waals surface area (Å²) < 4.78 is 15.8. The van der Waals surface area contributed by atoms with Crippen molar-refractivity contribution in [1.82, 2.24) is 20.3 Å². The third kappa shape index (κ3) is 7.97. The molecule has 1 aromatic carbocycles. The molecule has 0 bridgehead atoms. The summed E-state index contributed by atoms with van der Waals surface area (Å²) in [5.41, 5.74) is 1.88. The number of fused-ring (bicyclic) bond motifs is 1. The Morgan fingerprint density at radius 1 is 1.05 bits per heavy atom. The zero-order valence-electron chi connectivity index (χ0n) is 24.4. The number of carbonyl (C=O) groups excluding carboxylic acids is 4. The predicted molar refractivity (Wildman–Crippen MR) is 151 cm³/mol. The van der Waals surface area contributed by atoms with Crippen molar-refractivity contribution in [3.05, 3.63) is 59.2 Å². The lowest BCUT2D eigenvalue weighted by molar-refractivity contribution is -0.146. The molecule has 0 saturated heterocycles. The highest BCUT2D eigenvalue weighted by atomic mass is 16.5. The Morgan fingerprint density at radius 2 is 1.78 bits per heavy atom. The molecule has 2 atom stereocenters. The van der Waals surface area contributed by atoms with Crippen LogP contribution in [-0.2, 0) is 30.2 Å². The van der Waals surface area contributed by atoms with Crippen molar-refractivity contribution in [2.75, 3.05) is 20.3 Å². The van der Waals surface area contributed by atoms with Gasteiger partial charge >= 0.3 is 11.9 Å². The van der Waals surface area contributed by atoms with Crippen LogP contribution in [0.3, 0.4) is 0 Å². The summed E-state index contributed by atoms with van der Waals surface area (Å²) in [5.74, 6) is -2.02. The van der Waals surface area contributed by atoms with Crippen LogP contribution >= 0.6 is 0 Å². The molecule has 0 aliphatic carbocycles. The van der Waals surface area contributed by atoms with E-state index in [4.69, 9.17) is 14.2 Å². The maximum absolute atomic E-state index is 13.5. The van der Waals surface area contributed by atoms with Gasteiger partial charge in [-0.05, 0) is 38.0 Å². The second kappa shape index (κ2) is 14.0. The van der Waals surface area contributed by atoms with E-state index in [9.17, 15) is 19.2 Å². The highest BCUT2D eigenvalue weighted by Crippen LogP contribution is 2.30. The number of hydrogen-bond acceptors (Lipinski definition) is 9. The monoisotopic (exact) mass is 566 g/mol. The smallest absolute Gasteiger partial charge is 0.328 e. The van der Waals surface area contributed by atoms with Crippen LogP contribution in [0.15, 0.2) is 36.9 Å². The van der Waals surface area contributed by atoms with E-state index < -0.39 is 29.3 Å². The van der Waals surface area contributed by atoms with E-state index in [2.05, 4.69) is 20.3 Å². The third-order valence-electron chi connectivity index (χ3n) is 6.51. The molecule has 3 rings (SSSR count). The van der Waals surface area contributed by atoms with Crippen LogP contribution in [0.4, 0.5) is 0 Å². The van der Waals surface area contributed by atoms with E-state index in [0.717, 1.165) is 16.5 Å². The Kier molecular flexibility index (Phi) is 10.7. The molecule has 2 heterocycles. The lowest BCUT2D eigenvalue weighted by Crippen LogP contribution is -2.43. The molecule has 41 heavy (non-hydrogen) atoms. The summed E-state index contributed by atoms with van der Waals surface area (Å²) >= 11 is 0. The number of aromatic nitrogens is 3. The summed E-state index contributed by atoms with van der Waals surface area (Å²) in [6, 6.07) is 3.93. The molecule has 0 fully saturated rings. The lowest BCUT2D eigenvalue weighted by atomic mass is 9.83. The number of aromatic amines is 1. The number of amides is 1. The van der Waals surface area contributed by atoms with Crippen LogP contribution in [0.5, 0.6) is 0 Å². The van der Waals surface area contributed by atoms with Crippen molar-refractivity contribution in [2.45, 2.75) is 66.0 Å². The molecule has 220 valence electrons. The first kappa shape index (κ1) is 31.4. The van der Waals surface area contributed by atoms with Gasteiger partial charge < -0.3 is 24.5 Å². The third-order valence-corrected chi connectivity index (χ3v) is 6.51. The molecule has 11 nitrogen and oxygen atoms in total. The fourth-order valence-corrected chi connectivity index (χ4v) is 4.41. The van der Waals surface area contributed by atoms with E-state index in [-0.39, 0.29) is 49.1 Å². The zero-order valence-corrected chi connectivity index (χ0v) is 24.4. The number of carbonyl (C=O) groups is 4. The van der Waals surface area contributed by atoms with Crippen molar-refractivity contribution < 1.29 is 33.4 Å². The number of ketones is 1. The molecule has 1 amide bonds. The molecule has 0 aliphatic heterocycles. The van der Waals surface area contributed by atoms with E-state index in [1.165, 1.54) is 6.33 Å². The van der Waals surface area contributed by atoms with Gasteiger partial charge in [0.05, 0.1) is 24.9 Å². The van der Waals surface area contributed by atoms with E-state index in [1.807, 2.05) is 6.20 Å². The Labute approximate surface area is 239 Å². The van der Waals surface area contributed by atoms with Gasteiger partial charge in [0, 0.05) is 54.3 Å². The molecule has 0 spiro atoms. The first-order valence-electron chi connectivity index (χ1n) is 13.6. The molecule has 11 heteroatoms. The minimum atomic E-state index is -1.09. The standard InChI is InChI=1S/C30H38N4O7/c1-7-40-25(35)12-11-23(29(38)41-8-2)34-28(37)19-10-9-18(13-20(19)26(36)30(3,4)5)14-24(39-6)21-16-32-27-22(21)15-31-17-33-27/h9-10,13,15-17,23-24H,7-8,11-12,14H2,1-6H3,(H,34,37)(H,31,32,33)/t23-,24?/m0/s1. The average molecular weight is 567 g/mol.